The van der Waals surface area contributed by atoms with Crippen LogP contribution in [0.2, 0.25) is 0 Å². The summed E-state index contributed by atoms with van der Waals surface area (Å²) in [6, 6.07) is 7.40. The minimum absolute atomic E-state index is 0.0420. The molecule has 1 amide bonds. The summed E-state index contributed by atoms with van der Waals surface area (Å²) in [5, 5.41) is 8.74. The number of carbonyl (C=O) groups excluding carboxylic acids is 1. The van der Waals surface area contributed by atoms with Crippen molar-refractivity contribution in [3.8, 4) is 0 Å². The Morgan fingerprint density at radius 2 is 2.33 bits per heavy atom. The van der Waals surface area contributed by atoms with Gasteiger partial charge in [-0.15, -0.1) is 11.3 Å². The Balaban J connectivity index is 2.07. The lowest BCUT2D eigenvalue weighted by molar-refractivity contribution is 0.0953. The van der Waals surface area contributed by atoms with Crippen LogP contribution in [0.15, 0.2) is 35.8 Å². The first kappa shape index (κ1) is 12.6. The number of anilines is 2. The molecule has 5 heteroatoms. The zero-order chi connectivity index (χ0) is 12.8. The van der Waals surface area contributed by atoms with Gasteiger partial charge in [0.15, 0.2) is 5.13 Å². The van der Waals surface area contributed by atoms with Gasteiger partial charge in [0, 0.05) is 29.4 Å². The lowest BCUT2D eigenvalue weighted by atomic mass is 10.2. The lowest BCUT2D eigenvalue weighted by Crippen LogP contribution is -2.23. The summed E-state index contributed by atoms with van der Waals surface area (Å²) in [5.74, 6) is -0.0420. The fraction of sp³-hybridized carbons (Fsp3) is 0.231. The number of aromatic nitrogens is 1. The van der Waals surface area contributed by atoms with Gasteiger partial charge in [-0.2, -0.15) is 0 Å². The molecule has 0 aliphatic heterocycles. The monoisotopic (exact) mass is 261 g/mol. The van der Waals surface area contributed by atoms with Gasteiger partial charge < -0.3 is 10.6 Å². The molecule has 1 heterocycles. The van der Waals surface area contributed by atoms with E-state index in [2.05, 4.69) is 15.6 Å². The molecule has 0 spiro atoms. The van der Waals surface area contributed by atoms with Gasteiger partial charge in [-0.3, -0.25) is 4.79 Å². The molecule has 0 atom stereocenters. The highest BCUT2D eigenvalue weighted by Crippen LogP contribution is 2.19. The van der Waals surface area contributed by atoms with Crippen LogP contribution in [0.1, 0.15) is 23.7 Å². The summed E-state index contributed by atoms with van der Waals surface area (Å²) >= 11 is 1.52. The summed E-state index contributed by atoms with van der Waals surface area (Å²) in [6.45, 7) is 2.73. The lowest BCUT2D eigenvalue weighted by Gasteiger charge is -2.06. The minimum Gasteiger partial charge on any atom is -0.352 e. The Kier molecular flexibility index (Phi) is 4.30. The summed E-state index contributed by atoms with van der Waals surface area (Å²) in [7, 11) is 0. The van der Waals surface area contributed by atoms with E-state index in [-0.39, 0.29) is 5.91 Å². The SMILES string of the molecule is CCCNC(=O)c1cccc(Nc2nccs2)c1. The van der Waals surface area contributed by atoms with Crippen LogP contribution in [0.4, 0.5) is 10.8 Å². The number of carbonyl (C=O) groups is 1. The van der Waals surface area contributed by atoms with Crippen molar-refractivity contribution in [2.45, 2.75) is 13.3 Å². The molecule has 0 bridgehead atoms. The average molecular weight is 261 g/mol. The number of rotatable bonds is 5. The van der Waals surface area contributed by atoms with E-state index in [1.54, 1.807) is 12.3 Å². The highest BCUT2D eigenvalue weighted by atomic mass is 32.1. The van der Waals surface area contributed by atoms with Gasteiger partial charge >= 0.3 is 0 Å². The Labute approximate surface area is 110 Å². The van der Waals surface area contributed by atoms with Crippen molar-refractivity contribution >= 4 is 28.1 Å². The second kappa shape index (κ2) is 6.16. The number of amides is 1. The van der Waals surface area contributed by atoms with Gasteiger partial charge in [0.05, 0.1) is 0 Å². The predicted molar refractivity (Wildman–Crippen MR) is 74.5 cm³/mol. The first-order chi connectivity index (χ1) is 8.79. The third kappa shape index (κ3) is 3.30. The average Bonchev–Trinajstić information content (AvgIpc) is 2.89. The Hall–Kier alpha value is -1.88. The van der Waals surface area contributed by atoms with E-state index in [9.17, 15) is 4.79 Å². The van der Waals surface area contributed by atoms with Crippen LogP contribution in [-0.2, 0) is 0 Å². The van der Waals surface area contributed by atoms with Gasteiger partial charge in [-0.25, -0.2) is 4.98 Å². The van der Waals surface area contributed by atoms with E-state index >= 15 is 0 Å². The maximum Gasteiger partial charge on any atom is 0.251 e. The molecule has 0 aliphatic carbocycles. The van der Waals surface area contributed by atoms with Crippen molar-refractivity contribution in [2.75, 3.05) is 11.9 Å². The van der Waals surface area contributed by atoms with Crippen LogP contribution in [0, 0.1) is 0 Å². The maximum atomic E-state index is 11.8. The molecule has 18 heavy (non-hydrogen) atoms. The van der Waals surface area contributed by atoms with Crippen molar-refractivity contribution < 1.29 is 4.79 Å². The van der Waals surface area contributed by atoms with E-state index < -0.39 is 0 Å². The number of hydrogen-bond donors (Lipinski definition) is 2. The van der Waals surface area contributed by atoms with E-state index in [0.717, 1.165) is 17.2 Å². The first-order valence-corrected chi connectivity index (χ1v) is 6.72. The van der Waals surface area contributed by atoms with E-state index in [1.165, 1.54) is 11.3 Å². The van der Waals surface area contributed by atoms with Gasteiger partial charge in [0.1, 0.15) is 0 Å². The van der Waals surface area contributed by atoms with Crippen molar-refractivity contribution in [1.29, 1.82) is 0 Å². The Bertz CT molecular complexity index is 511. The highest BCUT2D eigenvalue weighted by Gasteiger charge is 2.05. The summed E-state index contributed by atoms with van der Waals surface area (Å²) in [4.78, 5) is 15.9. The smallest absolute Gasteiger partial charge is 0.251 e. The number of benzene rings is 1. The van der Waals surface area contributed by atoms with Crippen LogP contribution < -0.4 is 10.6 Å². The van der Waals surface area contributed by atoms with Crippen LogP contribution >= 0.6 is 11.3 Å². The van der Waals surface area contributed by atoms with Crippen molar-refractivity contribution in [2.24, 2.45) is 0 Å². The number of hydrogen-bond acceptors (Lipinski definition) is 4. The van der Waals surface area contributed by atoms with Gasteiger partial charge in [-0.1, -0.05) is 13.0 Å². The molecule has 0 saturated heterocycles. The Morgan fingerprint density at radius 1 is 1.44 bits per heavy atom. The molecular formula is C13H15N3OS. The number of nitrogens with zero attached hydrogens (tertiary/aromatic N) is 1. The zero-order valence-electron chi connectivity index (χ0n) is 10.1. The third-order valence-corrected chi connectivity index (χ3v) is 3.03. The molecule has 4 nitrogen and oxygen atoms in total. The van der Waals surface area contributed by atoms with Crippen LogP contribution in [-0.4, -0.2) is 17.4 Å². The van der Waals surface area contributed by atoms with Crippen LogP contribution in [0.25, 0.3) is 0 Å². The first-order valence-electron chi connectivity index (χ1n) is 5.84. The molecule has 2 aromatic rings. The molecule has 1 aromatic heterocycles. The molecule has 0 unspecified atom stereocenters. The molecular weight excluding hydrogens is 246 g/mol. The van der Waals surface area contributed by atoms with E-state index in [0.29, 0.717) is 12.1 Å². The summed E-state index contributed by atoms with van der Waals surface area (Å²) in [5.41, 5.74) is 1.53. The van der Waals surface area contributed by atoms with Gasteiger partial charge in [0.2, 0.25) is 0 Å². The number of thiazole rings is 1. The van der Waals surface area contributed by atoms with E-state index in [4.69, 9.17) is 0 Å². The molecule has 0 saturated carbocycles. The van der Waals surface area contributed by atoms with Crippen molar-refractivity contribution in [1.82, 2.24) is 10.3 Å². The molecule has 1 aromatic carbocycles. The zero-order valence-corrected chi connectivity index (χ0v) is 11.0. The second-order valence-electron chi connectivity index (χ2n) is 3.80. The molecule has 2 N–H and O–H groups in total. The van der Waals surface area contributed by atoms with Gasteiger partial charge in [0.25, 0.3) is 5.91 Å². The molecule has 94 valence electrons. The van der Waals surface area contributed by atoms with Crippen LogP contribution in [0.5, 0.6) is 0 Å². The van der Waals surface area contributed by atoms with Crippen LogP contribution in [0.3, 0.4) is 0 Å². The standard InChI is InChI=1S/C13H15N3OS/c1-2-6-14-12(17)10-4-3-5-11(9-10)16-13-15-7-8-18-13/h3-5,7-9H,2,6H2,1H3,(H,14,17)(H,15,16). The Morgan fingerprint density at radius 3 is 3.06 bits per heavy atom. The maximum absolute atomic E-state index is 11.8. The topological polar surface area (TPSA) is 54.0 Å². The molecule has 0 aliphatic rings. The summed E-state index contributed by atoms with van der Waals surface area (Å²) < 4.78 is 0. The summed E-state index contributed by atoms with van der Waals surface area (Å²) in [6.07, 6.45) is 2.67. The third-order valence-electron chi connectivity index (χ3n) is 2.34. The normalized spacial score (nSPS) is 10.1. The second-order valence-corrected chi connectivity index (χ2v) is 4.69. The fourth-order valence-electron chi connectivity index (χ4n) is 1.49. The minimum atomic E-state index is -0.0420. The molecule has 0 radical (unpaired) electrons. The molecule has 0 fully saturated rings. The number of nitrogens with one attached hydrogen (secondary N) is 2. The van der Waals surface area contributed by atoms with Gasteiger partial charge in [-0.05, 0) is 24.6 Å². The highest BCUT2D eigenvalue weighted by molar-refractivity contribution is 7.13. The van der Waals surface area contributed by atoms with Crippen molar-refractivity contribution in [3.63, 3.8) is 0 Å². The molecule has 2 rings (SSSR count). The van der Waals surface area contributed by atoms with Crippen molar-refractivity contribution in [3.05, 3.63) is 41.4 Å². The van der Waals surface area contributed by atoms with E-state index in [1.807, 2.05) is 30.5 Å². The largest absolute Gasteiger partial charge is 0.352 e. The predicted octanol–water partition coefficient (Wildman–Crippen LogP) is 3.03. The fourth-order valence-corrected chi connectivity index (χ4v) is 2.04. The quantitative estimate of drug-likeness (QED) is 0.870.